The second-order valence-corrected chi connectivity index (χ2v) is 4.63. The number of nitrogens with one attached hydrogen (secondary N) is 1. The fourth-order valence-corrected chi connectivity index (χ4v) is 2.10. The summed E-state index contributed by atoms with van der Waals surface area (Å²) >= 11 is 5.84. The third-order valence-electron chi connectivity index (χ3n) is 2.85. The summed E-state index contributed by atoms with van der Waals surface area (Å²) in [6, 6.07) is 5.53. The van der Waals surface area contributed by atoms with E-state index in [4.69, 9.17) is 22.1 Å². The number of rotatable bonds is 3. The number of nitrogens with two attached hydrogens (primary N) is 1. The van der Waals surface area contributed by atoms with Gasteiger partial charge in [-0.25, -0.2) is 0 Å². The Balaban J connectivity index is 1.88. The van der Waals surface area contributed by atoms with E-state index in [1.54, 1.807) is 6.07 Å². The average molecular weight is 241 g/mol. The predicted octanol–water partition coefficient (Wildman–Crippen LogP) is 2.76. The molecule has 1 aromatic carbocycles. The van der Waals surface area contributed by atoms with Gasteiger partial charge in [0, 0.05) is 18.2 Å². The van der Waals surface area contributed by atoms with Crippen molar-refractivity contribution in [3.05, 3.63) is 23.2 Å². The SMILES string of the molecule is Nc1cc(Cl)ccc1NCC1CCCOC1. The van der Waals surface area contributed by atoms with Crippen molar-refractivity contribution in [3.8, 4) is 0 Å². The molecule has 3 N–H and O–H groups in total. The van der Waals surface area contributed by atoms with E-state index in [0.29, 0.717) is 16.6 Å². The summed E-state index contributed by atoms with van der Waals surface area (Å²) in [7, 11) is 0. The first kappa shape index (κ1) is 11.6. The van der Waals surface area contributed by atoms with Crippen LogP contribution in [-0.4, -0.2) is 19.8 Å². The van der Waals surface area contributed by atoms with Gasteiger partial charge in [-0.2, -0.15) is 0 Å². The molecule has 0 aliphatic carbocycles. The van der Waals surface area contributed by atoms with Gasteiger partial charge in [0.15, 0.2) is 0 Å². The summed E-state index contributed by atoms with van der Waals surface area (Å²) in [4.78, 5) is 0. The van der Waals surface area contributed by atoms with Gasteiger partial charge in [-0.05, 0) is 37.0 Å². The van der Waals surface area contributed by atoms with E-state index >= 15 is 0 Å². The van der Waals surface area contributed by atoms with Crippen molar-refractivity contribution in [2.75, 3.05) is 30.8 Å². The van der Waals surface area contributed by atoms with Crippen LogP contribution in [0.15, 0.2) is 18.2 Å². The molecule has 1 heterocycles. The molecule has 3 nitrogen and oxygen atoms in total. The Morgan fingerprint density at radius 2 is 2.38 bits per heavy atom. The highest BCUT2D eigenvalue weighted by atomic mass is 35.5. The first-order chi connectivity index (χ1) is 7.75. The number of hydrogen-bond donors (Lipinski definition) is 2. The zero-order chi connectivity index (χ0) is 11.4. The van der Waals surface area contributed by atoms with Crippen molar-refractivity contribution in [2.45, 2.75) is 12.8 Å². The molecule has 0 saturated carbocycles. The van der Waals surface area contributed by atoms with Crippen molar-refractivity contribution < 1.29 is 4.74 Å². The van der Waals surface area contributed by atoms with Crippen LogP contribution in [0.1, 0.15) is 12.8 Å². The average Bonchev–Trinajstić information content (AvgIpc) is 2.29. The number of nitrogen functional groups attached to an aromatic ring is 1. The van der Waals surface area contributed by atoms with Gasteiger partial charge >= 0.3 is 0 Å². The van der Waals surface area contributed by atoms with E-state index in [9.17, 15) is 0 Å². The summed E-state index contributed by atoms with van der Waals surface area (Å²) < 4.78 is 5.43. The molecule has 1 unspecified atom stereocenters. The minimum absolute atomic E-state index is 0.587. The van der Waals surface area contributed by atoms with Gasteiger partial charge < -0.3 is 15.8 Å². The highest BCUT2D eigenvalue weighted by molar-refractivity contribution is 6.31. The Kier molecular flexibility index (Phi) is 3.91. The van der Waals surface area contributed by atoms with Gasteiger partial charge in [0.25, 0.3) is 0 Å². The zero-order valence-corrected chi connectivity index (χ0v) is 9.96. The van der Waals surface area contributed by atoms with Crippen LogP contribution in [0, 0.1) is 5.92 Å². The van der Waals surface area contributed by atoms with Crippen LogP contribution in [0.2, 0.25) is 5.02 Å². The minimum Gasteiger partial charge on any atom is -0.397 e. The molecule has 0 spiro atoms. The molecule has 88 valence electrons. The van der Waals surface area contributed by atoms with Crippen LogP contribution >= 0.6 is 11.6 Å². The lowest BCUT2D eigenvalue weighted by Gasteiger charge is -2.23. The van der Waals surface area contributed by atoms with Crippen LogP contribution in [-0.2, 0) is 4.74 Å². The highest BCUT2D eigenvalue weighted by Crippen LogP contribution is 2.23. The van der Waals surface area contributed by atoms with Gasteiger partial charge in [-0.1, -0.05) is 11.6 Å². The molecule has 0 aromatic heterocycles. The Labute approximate surface area is 101 Å². The van der Waals surface area contributed by atoms with Gasteiger partial charge in [0.1, 0.15) is 0 Å². The van der Waals surface area contributed by atoms with Gasteiger partial charge in [-0.3, -0.25) is 0 Å². The van der Waals surface area contributed by atoms with E-state index in [1.807, 2.05) is 12.1 Å². The van der Waals surface area contributed by atoms with Crippen molar-refractivity contribution in [3.63, 3.8) is 0 Å². The number of ether oxygens (including phenoxy) is 1. The summed E-state index contributed by atoms with van der Waals surface area (Å²) in [6.07, 6.45) is 2.38. The van der Waals surface area contributed by atoms with Crippen molar-refractivity contribution in [1.29, 1.82) is 0 Å². The summed E-state index contributed by atoms with van der Waals surface area (Å²) in [5, 5.41) is 4.02. The van der Waals surface area contributed by atoms with Gasteiger partial charge in [0.2, 0.25) is 0 Å². The standard InChI is InChI=1S/C12H17ClN2O/c13-10-3-4-12(11(14)6-10)15-7-9-2-1-5-16-8-9/h3-4,6,9,15H,1-2,5,7-8,14H2. The minimum atomic E-state index is 0.587. The van der Waals surface area contributed by atoms with Crippen molar-refractivity contribution in [1.82, 2.24) is 0 Å². The summed E-state index contributed by atoms with van der Waals surface area (Å²) in [5.74, 6) is 0.587. The first-order valence-corrected chi connectivity index (χ1v) is 6.00. The van der Waals surface area contributed by atoms with Gasteiger partial charge in [0.05, 0.1) is 18.0 Å². The normalized spacial score (nSPS) is 20.7. The molecule has 1 saturated heterocycles. The lowest BCUT2D eigenvalue weighted by atomic mass is 10.0. The maximum Gasteiger partial charge on any atom is 0.0575 e. The van der Waals surface area contributed by atoms with Crippen LogP contribution in [0.4, 0.5) is 11.4 Å². The largest absolute Gasteiger partial charge is 0.397 e. The van der Waals surface area contributed by atoms with E-state index in [2.05, 4.69) is 5.32 Å². The molecule has 0 amide bonds. The molecule has 0 bridgehead atoms. The zero-order valence-electron chi connectivity index (χ0n) is 9.21. The smallest absolute Gasteiger partial charge is 0.0575 e. The van der Waals surface area contributed by atoms with Crippen LogP contribution in [0.5, 0.6) is 0 Å². The monoisotopic (exact) mass is 240 g/mol. The van der Waals surface area contributed by atoms with E-state index in [1.165, 1.54) is 6.42 Å². The van der Waals surface area contributed by atoms with Crippen LogP contribution in [0.3, 0.4) is 0 Å². The summed E-state index contributed by atoms with van der Waals surface area (Å²) in [6.45, 7) is 2.66. The second-order valence-electron chi connectivity index (χ2n) is 4.20. The third kappa shape index (κ3) is 3.03. The Morgan fingerprint density at radius 3 is 3.06 bits per heavy atom. The van der Waals surface area contributed by atoms with Crippen molar-refractivity contribution in [2.24, 2.45) is 5.92 Å². The molecular weight excluding hydrogens is 224 g/mol. The van der Waals surface area contributed by atoms with Crippen molar-refractivity contribution >= 4 is 23.0 Å². The lowest BCUT2D eigenvalue weighted by Crippen LogP contribution is -2.24. The fourth-order valence-electron chi connectivity index (χ4n) is 1.92. The molecule has 1 atom stereocenters. The molecule has 16 heavy (non-hydrogen) atoms. The quantitative estimate of drug-likeness (QED) is 0.799. The van der Waals surface area contributed by atoms with Gasteiger partial charge in [-0.15, -0.1) is 0 Å². The molecule has 2 rings (SSSR count). The molecule has 0 radical (unpaired) electrons. The van der Waals surface area contributed by atoms with Crippen LogP contribution in [0.25, 0.3) is 0 Å². The molecule has 4 heteroatoms. The molecule has 1 fully saturated rings. The maximum atomic E-state index is 5.86. The Bertz CT molecular complexity index is 351. The maximum absolute atomic E-state index is 5.86. The molecule has 1 aromatic rings. The van der Waals surface area contributed by atoms with Crippen LogP contribution < -0.4 is 11.1 Å². The third-order valence-corrected chi connectivity index (χ3v) is 3.08. The highest BCUT2D eigenvalue weighted by Gasteiger charge is 2.13. The first-order valence-electron chi connectivity index (χ1n) is 5.62. The molecular formula is C12H17ClN2O. The number of hydrogen-bond acceptors (Lipinski definition) is 3. The predicted molar refractivity (Wildman–Crippen MR) is 67.9 cm³/mol. The number of benzene rings is 1. The van der Waals surface area contributed by atoms with E-state index in [-0.39, 0.29) is 0 Å². The summed E-state index contributed by atoms with van der Waals surface area (Å²) in [5.41, 5.74) is 7.51. The topological polar surface area (TPSA) is 47.3 Å². The molecule has 1 aliphatic heterocycles. The lowest BCUT2D eigenvalue weighted by molar-refractivity contribution is 0.0595. The van der Waals surface area contributed by atoms with E-state index in [0.717, 1.165) is 31.9 Å². The Hall–Kier alpha value is -0.930. The number of anilines is 2. The second kappa shape index (κ2) is 5.41. The fraction of sp³-hybridized carbons (Fsp3) is 0.500. The Morgan fingerprint density at radius 1 is 1.50 bits per heavy atom. The number of halogens is 1. The molecule has 1 aliphatic rings. The van der Waals surface area contributed by atoms with E-state index < -0.39 is 0 Å².